The van der Waals surface area contributed by atoms with Gasteiger partial charge in [-0.05, 0) is 24.3 Å². The van der Waals surface area contributed by atoms with Crippen LogP contribution in [0.2, 0.25) is 5.02 Å². The van der Waals surface area contributed by atoms with Gasteiger partial charge in [0.1, 0.15) is 29.3 Å². The third-order valence-corrected chi connectivity index (χ3v) is 6.16. The van der Waals surface area contributed by atoms with Gasteiger partial charge < -0.3 is 14.6 Å². The van der Waals surface area contributed by atoms with Gasteiger partial charge in [-0.3, -0.25) is 18.4 Å². The lowest BCUT2D eigenvalue weighted by Gasteiger charge is -2.28. The molecule has 2 heterocycles. The molecule has 0 aliphatic carbocycles. The number of carbonyl (C=O) groups is 1. The summed E-state index contributed by atoms with van der Waals surface area (Å²) in [5.41, 5.74) is -3.95. The zero-order valence-electron chi connectivity index (χ0n) is 19.2. The largest absolute Gasteiger partial charge is 0.755 e. The van der Waals surface area contributed by atoms with Gasteiger partial charge in [0.15, 0.2) is 11.6 Å². The van der Waals surface area contributed by atoms with Crippen molar-refractivity contribution in [3.05, 3.63) is 64.7 Å². The van der Waals surface area contributed by atoms with E-state index in [4.69, 9.17) is 16.3 Å². The van der Waals surface area contributed by atoms with E-state index in [1.807, 2.05) is 0 Å². The van der Waals surface area contributed by atoms with E-state index in [0.29, 0.717) is 10.4 Å². The highest BCUT2D eigenvalue weighted by Crippen LogP contribution is 2.41. The molecule has 4 rings (SSSR count). The zero-order valence-corrected chi connectivity index (χ0v) is 20.8. The van der Waals surface area contributed by atoms with Gasteiger partial charge in [0, 0.05) is 17.1 Å². The molecular weight excluding hydrogens is 580 g/mol. The maximum atomic E-state index is 15.8. The fraction of sp³-hybridized carbons (Fsp3) is 0.136. The number of aromatic amines is 1. The minimum absolute atomic E-state index is 0.0471. The molecule has 0 bridgehead atoms. The van der Waals surface area contributed by atoms with Gasteiger partial charge in [-0.15, -0.1) is 0 Å². The van der Waals surface area contributed by atoms with E-state index in [1.165, 1.54) is 0 Å². The number of halogens is 7. The molecule has 4 aromatic rings. The lowest BCUT2D eigenvalue weighted by atomic mass is 10.0. The van der Waals surface area contributed by atoms with Crippen LogP contribution in [0.3, 0.4) is 0 Å². The van der Waals surface area contributed by atoms with E-state index in [2.05, 4.69) is 15.2 Å². The van der Waals surface area contributed by atoms with Crippen LogP contribution in [0, 0.1) is 17.5 Å². The van der Waals surface area contributed by atoms with E-state index in [-0.39, 0.29) is 22.0 Å². The first kappa shape index (κ1) is 28.1. The molecule has 0 radical (unpaired) electrons. The Hall–Kier alpha value is -3.89. The van der Waals surface area contributed by atoms with Gasteiger partial charge in [-0.2, -0.15) is 18.3 Å². The highest BCUT2D eigenvalue weighted by atomic mass is 35.5. The number of ether oxygens (including phenoxy) is 1. The van der Waals surface area contributed by atoms with Crippen LogP contribution in [0.4, 0.5) is 37.7 Å². The summed E-state index contributed by atoms with van der Waals surface area (Å²) >= 11 is 2.66. The highest BCUT2D eigenvalue weighted by molar-refractivity contribution is 7.81. The topological polar surface area (TPSA) is 123 Å². The van der Waals surface area contributed by atoms with Crippen LogP contribution < -0.4 is 14.4 Å². The number of benzene rings is 2. The second-order valence-corrected chi connectivity index (χ2v) is 8.90. The first-order valence-corrected chi connectivity index (χ1v) is 11.8. The van der Waals surface area contributed by atoms with Gasteiger partial charge in [0.2, 0.25) is 5.88 Å². The van der Waals surface area contributed by atoms with Crippen LogP contribution in [-0.4, -0.2) is 49.7 Å². The predicted octanol–water partition coefficient (Wildman–Crippen LogP) is 4.93. The van der Waals surface area contributed by atoms with Crippen LogP contribution in [0.1, 0.15) is 10.5 Å². The smallest absolute Gasteiger partial charge is 0.405 e. The van der Waals surface area contributed by atoms with Gasteiger partial charge in [-0.1, -0.05) is 17.7 Å². The Balaban J connectivity index is 1.84. The molecule has 9 nitrogen and oxygen atoms in total. The van der Waals surface area contributed by atoms with E-state index in [9.17, 15) is 31.1 Å². The molecule has 0 saturated carbocycles. The maximum Gasteiger partial charge on any atom is 0.405 e. The lowest BCUT2D eigenvalue weighted by Crippen LogP contribution is -2.34. The molecule has 2 aromatic carbocycles. The van der Waals surface area contributed by atoms with Crippen molar-refractivity contribution in [2.24, 2.45) is 0 Å². The normalized spacial score (nSPS) is 12.4. The average Bonchev–Trinajstić information content (AvgIpc) is 3.30. The maximum absolute atomic E-state index is 15.8. The minimum atomic E-state index is -4.71. The Kier molecular flexibility index (Phi) is 7.72. The van der Waals surface area contributed by atoms with Crippen molar-refractivity contribution in [3.63, 3.8) is 0 Å². The number of anilines is 2. The van der Waals surface area contributed by atoms with Gasteiger partial charge in [0.05, 0.1) is 34.6 Å². The lowest BCUT2D eigenvalue weighted by molar-refractivity contribution is -0.123. The molecule has 206 valence electrons. The molecule has 0 spiro atoms. The van der Waals surface area contributed by atoms with Crippen molar-refractivity contribution in [1.82, 2.24) is 20.5 Å². The number of fused-ring (bicyclic) bond motifs is 1. The Morgan fingerprint density at radius 1 is 1.18 bits per heavy atom. The Morgan fingerprint density at radius 2 is 1.90 bits per heavy atom. The zero-order chi connectivity index (χ0) is 28.6. The second kappa shape index (κ2) is 10.7. The van der Waals surface area contributed by atoms with Crippen molar-refractivity contribution in [1.29, 1.82) is 0 Å². The molecule has 0 saturated heterocycles. The number of methoxy groups -OCH3 is 1. The van der Waals surface area contributed by atoms with E-state index >= 15 is 8.78 Å². The van der Waals surface area contributed by atoms with Crippen LogP contribution in [0.25, 0.3) is 22.0 Å². The number of alkyl halides is 3. The fourth-order valence-electron chi connectivity index (χ4n) is 3.64. The summed E-state index contributed by atoms with van der Waals surface area (Å²) in [5, 5.41) is 6.94. The molecule has 1 unspecified atom stereocenters. The fourth-order valence-corrected chi connectivity index (χ4v) is 4.38. The monoisotopic (exact) mass is 592 g/mol. The molecule has 2 N–H and O–H groups in total. The minimum Gasteiger partial charge on any atom is -0.755 e. The standard InChI is InChI=1S/C22H14ClF6N5O4S/c1-38-21-14(6-9(23)7-30-21)34(39(36)37)13-5-4-12(24)15(17(13)26)10-2-3-11-18(16(10)25)32-33-19(11)20(35)31-8-22(27,28)29/h2-7H,8H2,1H3,(H,31,35)(H,32,33)(H,36,37)/p-1. The Labute approximate surface area is 222 Å². The summed E-state index contributed by atoms with van der Waals surface area (Å²) in [7, 11) is 1.16. The third kappa shape index (κ3) is 5.48. The van der Waals surface area contributed by atoms with E-state index in [1.54, 1.807) is 5.32 Å². The SMILES string of the molecule is COc1ncc(Cl)cc1N(c1ccc(F)c(-c2ccc3c(C(=O)NCC(F)(F)F)[nH]nc3c2F)c1F)S(=O)[O-]. The van der Waals surface area contributed by atoms with Gasteiger partial charge in [-0.25, -0.2) is 18.2 Å². The second-order valence-electron chi connectivity index (χ2n) is 7.67. The number of nitrogens with one attached hydrogen (secondary N) is 2. The third-order valence-electron chi connectivity index (χ3n) is 5.26. The number of amides is 1. The summed E-state index contributed by atoms with van der Waals surface area (Å²) in [5.74, 6) is -5.68. The quantitative estimate of drug-likeness (QED) is 0.232. The van der Waals surface area contributed by atoms with Crippen molar-refractivity contribution >= 4 is 51.1 Å². The number of carbonyl (C=O) groups excluding carboxylic acids is 1. The Morgan fingerprint density at radius 3 is 2.54 bits per heavy atom. The predicted molar refractivity (Wildman–Crippen MR) is 127 cm³/mol. The summed E-state index contributed by atoms with van der Waals surface area (Å²) in [6.07, 6.45) is -3.58. The number of rotatable bonds is 7. The van der Waals surface area contributed by atoms with Gasteiger partial charge >= 0.3 is 6.18 Å². The number of aromatic nitrogens is 3. The highest BCUT2D eigenvalue weighted by Gasteiger charge is 2.30. The number of pyridine rings is 1. The number of nitrogens with zero attached hydrogens (tertiary/aromatic N) is 3. The van der Waals surface area contributed by atoms with E-state index < -0.39 is 75.4 Å². The van der Waals surface area contributed by atoms with Crippen LogP contribution in [0.5, 0.6) is 5.88 Å². The summed E-state index contributed by atoms with van der Waals surface area (Å²) < 4.78 is 113. The molecule has 0 aliphatic heterocycles. The molecule has 17 heteroatoms. The van der Waals surface area contributed by atoms with E-state index in [0.717, 1.165) is 37.6 Å². The molecule has 1 amide bonds. The van der Waals surface area contributed by atoms with Crippen molar-refractivity contribution < 1.29 is 44.6 Å². The summed E-state index contributed by atoms with van der Waals surface area (Å²) in [6.45, 7) is -1.67. The molecule has 2 aromatic heterocycles. The van der Waals surface area contributed by atoms with Crippen molar-refractivity contribution in [2.75, 3.05) is 18.0 Å². The van der Waals surface area contributed by atoms with Gasteiger partial charge in [0.25, 0.3) is 5.91 Å². The van der Waals surface area contributed by atoms with Crippen LogP contribution in [-0.2, 0) is 11.3 Å². The number of hydrogen-bond donors (Lipinski definition) is 2. The van der Waals surface area contributed by atoms with Crippen LogP contribution >= 0.6 is 11.6 Å². The summed E-state index contributed by atoms with van der Waals surface area (Å²) in [6, 6.07) is 4.42. The number of hydrogen-bond acceptors (Lipinski definition) is 6. The van der Waals surface area contributed by atoms with Crippen molar-refractivity contribution in [3.8, 4) is 17.0 Å². The molecule has 0 fully saturated rings. The summed E-state index contributed by atoms with van der Waals surface area (Å²) in [4.78, 5) is 15.9. The first-order chi connectivity index (χ1) is 18.3. The first-order valence-electron chi connectivity index (χ1n) is 10.4. The molecule has 1 atom stereocenters. The molecule has 39 heavy (non-hydrogen) atoms. The van der Waals surface area contributed by atoms with Crippen molar-refractivity contribution in [2.45, 2.75) is 6.18 Å². The van der Waals surface area contributed by atoms with Crippen LogP contribution in [0.15, 0.2) is 36.5 Å². The average molecular weight is 593 g/mol. The Bertz CT molecular complexity index is 1620. The number of H-pyrrole nitrogens is 1. The molecule has 0 aliphatic rings. The molecular formula is C22H13ClF6N5O4S-.